The van der Waals surface area contributed by atoms with Crippen LogP contribution in [0.3, 0.4) is 0 Å². The summed E-state index contributed by atoms with van der Waals surface area (Å²) < 4.78 is 20.2. The topological polar surface area (TPSA) is 84.1 Å². The number of carbonyl (C=O) groups excluding carboxylic acids is 1. The molecule has 33 heavy (non-hydrogen) atoms. The molecule has 4 rings (SSSR count). The van der Waals surface area contributed by atoms with E-state index >= 15 is 0 Å². The van der Waals surface area contributed by atoms with Crippen LogP contribution < -0.4 is 15.9 Å². The standard InChI is InChI=1S/C25H25ClN3O3P/c1-15-11-16(2)13-20(12-15)33(31,32-4)24-21-14-19(26)5-6-22(21)29-23(24)25(30)28-17(3)18-7-9-27-10-8-18/h5-14,17,29H,1-4H3,(H,28,30). The molecular formula is C25H25ClN3O3P. The summed E-state index contributed by atoms with van der Waals surface area (Å²) in [5, 5.41) is 4.90. The Morgan fingerprint density at radius 2 is 1.76 bits per heavy atom. The van der Waals surface area contributed by atoms with Crippen LogP contribution in [0.4, 0.5) is 0 Å². The number of hydrogen-bond donors (Lipinski definition) is 2. The smallest absolute Gasteiger partial charge is 0.269 e. The van der Waals surface area contributed by atoms with Gasteiger partial charge in [-0.2, -0.15) is 0 Å². The molecule has 2 aromatic heterocycles. The molecule has 6 nitrogen and oxygen atoms in total. The lowest BCUT2D eigenvalue weighted by Crippen LogP contribution is -2.32. The van der Waals surface area contributed by atoms with E-state index in [0.717, 1.165) is 16.7 Å². The van der Waals surface area contributed by atoms with Gasteiger partial charge >= 0.3 is 0 Å². The number of halogens is 1. The maximum absolute atomic E-state index is 14.5. The molecule has 2 aromatic carbocycles. The molecule has 2 N–H and O–H groups in total. The van der Waals surface area contributed by atoms with Crippen molar-refractivity contribution in [1.82, 2.24) is 15.3 Å². The first-order valence-corrected chi connectivity index (χ1v) is 12.5. The van der Waals surface area contributed by atoms with Gasteiger partial charge in [-0.3, -0.25) is 14.3 Å². The second-order valence-electron chi connectivity index (χ2n) is 8.09. The predicted molar refractivity (Wildman–Crippen MR) is 133 cm³/mol. The minimum atomic E-state index is -3.64. The van der Waals surface area contributed by atoms with E-state index in [1.54, 1.807) is 30.6 Å². The van der Waals surface area contributed by atoms with E-state index in [1.807, 2.05) is 51.1 Å². The molecule has 0 aliphatic rings. The van der Waals surface area contributed by atoms with Gasteiger partial charge in [0.1, 0.15) is 5.69 Å². The Balaban J connectivity index is 1.89. The van der Waals surface area contributed by atoms with E-state index in [0.29, 0.717) is 26.5 Å². The summed E-state index contributed by atoms with van der Waals surface area (Å²) >= 11 is 6.28. The van der Waals surface area contributed by atoms with Crippen LogP contribution in [0.5, 0.6) is 0 Å². The summed E-state index contributed by atoms with van der Waals surface area (Å²) in [7, 11) is -2.24. The number of benzene rings is 2. The molecule has 2 atom stereocenters. The Bertz CT molecular complexity index is 1360. The van der Waals surface area contributed by atoms with Crippen molar-refractivity contribution in [2.45, 2.75) is 26.8 Å². The van der Waals surface area contributed by atoms with Crippen LogP contribution in [0, 0.1) is 13.8 Å². The molecule has 8 heteroatoms. The molecule has 0 spiro atoms. The largest absolute Gasteiger partial charge is 0.350 e. The molecule has 0 aliphatic carbocycles. The van der Waals surface area contributed by atoms with Crippen molar-refractivity contribution >= 4 is 46.4 Å². The maximum Gasteiger partial charge on any atom is 0.269 e. The molecule has 170 valence electrons. The van der Waals surface area contributed by atoms with Crippen molar-refractivity contribution in [2.24, 2.45) is 0 Å². The van der Waals surface area contributed by atoms with E-state index in [-0.39, 0.29) is 17.6 Å². The Hall–Kier alpha value is -2.92. The molecule has 0 bridgehead atoms. The number of aromatic nitrogens is 2. The number of carbonyl (C=O) groups is 1. The number of hydrogen-bond acceptors (Lipinski definition) is 4. The third kappa shape index (κ3) is 4.47. The molecule has 2 unspecified atom stereocenters. The zero-order chi connectivity index (χ0) is 23.8. The molecule has 0 saturated carbocycles. The minimum absolute atomic E-state index is 0.192. The van der Waals surface area contributed by atoms with Gasteiger partial charge < -0.3 is 14.8 Å². The number of aromatic amines is 1. The van der Waals surface area contributed by atoms with Crippen molar-refractivity contribution in [2.75, 3.05) is 7.11 Å². The maximum atomic E-state index is 14.5. The van der Waals surface area contributed by atoms with Crippen LogP contribution in [-0.2, 0) is 9.09 Å². The van der Waals surface area contributed by atoms with Crippen LogP contribution in [0.1, 0.15) is 40.1 Å². The summed E-state index contributed by atoms with van der Waals surface area (Å²) in [5.74, 6) is -0.386. The Kier molecular flexibility index (Phi) is 6.44. The monoisotopic (exact) mass is 481 g/mol. The lowest BCUT2D eigenvalue weighted by atomic mass is 10.1. The highest BCUT2D eigenvalue weighted by atomic mass is 35.5. The highest BCUT2D eigenvalue weighted by Crippen LogP contribution is 2.47. The number of amides is 1. The average molecular weight is 482 g/mol. The lowest BCUT2D eigenvalue weighted by Gasteiger charge is -2.20. The molecule has 1 amide bonds. The van der Waals surface area contributed by atoms with E-state index in [2.05, 4.69) is 15.3 Å². The van der Waals surface area contributed by atoms with Crippen molar-refractivity contribution in [3.05, 3.63) is 88.3 Å². The fourth-order valence-corrected chi connectivity index (χ4v) is 6.60. The van der Waals surface area contributed by atoms with Gasteiger partial charge in [-0.05, 0) is 68.8 Å². The normalized spacial score (nSPS) is 14.1. The minimum Gasteiger partial charge on any atom is -0.350 e. The molecule has 2 heterocycles. The van der Waals surface area contributed by atoms with Gasteiger partial charge in [-0.25, -0.2) is 0 Å². The van der Waals surface area contributed by atoms with Crippen molar-refractivity contribution in [3.8, 4) is 0 Å². The van der Waals surface area contributed by atoms with Gasteiger partial charge in [0.25, 0.3) is 13.3 Å². The van der Waals surface area contributed by atoms with Gasteiger partial charge in [0.2, 0.25) is 0 Å². The summed E-state index contributed by atoms with van der Waals surface area (Å²) in [6, 6.07) is 14.3. The second kappa shape index (κ2) is 9.14. The summed E-state index contributed by atoms with van der Waals surface area (Å²) in [4.78, 5) is 20.6. The van der Waals surface area contributed by atoms with Gasteiger partial charge in [-0.1, -0.05) is 28.8 Å². The fraction of sp³-hybridized carbons (Fsp3) is 0.200. The molecule has 4 aromatic rings. The lowest BCUT2D eigenvalue weighted by molar-refractivity contribution is 0.0936. The second-order valence-corrected chi connectivity index (χ2v) is 11.0. The van der Waals surface area contributed by atoms with E-state index in [4.69, 9.17) is 16.1 Å². The number of pyridine rings is 1. The van der Waals surface area contributed by atoms with Crippen molar-refractivity contribution in [1.29, 1.82) is 0 Å². The average Bonchev–Trinajstić information content (AvgIpc) is 3.17. The Labute approximate surface area is 197 Å². The fourth-order valence-electron chi connectivity index (χ4n) is 4.07. The third-order valence-electron chi connectivity index (χ3n) is 5.61. The highest BCUT2D eigenvalue weighted by Gasteiger charge is 2.36. The van der Waals surface area contributed by atoms with Gasteiger partial charge in [-0.15, -0.1) is 0 Å². The zero-order valence-electron chi connectivity index (χ0n) is 18.8. The molecular weight excluding hydrogens is 457 g/mol. The van der Waals surface area contributed by atoms with Crippen LogP contribution in [0.15, 0.2) is 60.9 Å². The number of fused-ring (bicyclic) bond motifs is 1. The Morgan fingerprint density at radius 1 is 1.09 bits per heavy atom. The molecule has 0 radical (unpaired) electrons. The Morgan fingerprint density at radius 3 is 2.39 bits per heavy atom. The van der Waals surface area contributed by atoms with Gasteiger partial charge in [0, 0.05) is 40.7 Å². The SMILES string of the molecule is COP(=O)(c1cc(C)cc(C)c1)c1c(C(=O)NC(C)c2ccncc2)[nH]c2ccc(Cl)cc12. The van der Waals surface area contributed by atoms with Gasteiger partial charge in [0.15, 0.2) is 0 Å². The van der Waals surface area contributed by atoms with Crippen molar-refractivity contribution < 1.29 is 13.9 Å². The molecule has 0 aliphatic heterocycles. The first kappa shape index (κ1) is 23.2. The first-order valence-electron chi connectivity index (χ1n) is 10.5. The quantitative estimate of drug-likeness (QED) is 0.371. The van der Waals surface area contributed by atoms with Crippen LogP contribution in [0.2, 0.25) is 5.02 Å². The first-order chi connectivity index (χ1) is 15.7. The number of H-pyrrole nitrogens is 1. The van der Waals surface area contributed by atoms with Crippen LogP contribution >= 0.6 is 19.0 Å². The van der Waals surface area contributed by atoms with E-state index in [9.17, 15) is 9.36 Å². The molecule has 0 fully saturated rings. The van der Waals surface area contributed by atoms with Crippen LogP contribution in [0.25, 0.3) is 10.9 Å². The van der Waals surface area contributed by atoms with Crippen LogP contribution in [-0.4, -0.2) is 23.0 Å². The summed E-state index contributed by atoms with van der Waals surface area (Å²) in [6.07, 6.45) is 3.35. The number of nitrogens with zero attached hydrogens (tertiary/aromatic N) is 1. The van der Waals surface area contributed by atoms with Crippen molar-refractivity contribution in [3.63, 3.8) is 0 Å². The predicted octanol–water partition coefficient (Wildman–Crippen LogP) is 5.20. The summed E-state index contributed by atoms with van der Waals surface area (Å²) in [5.41, 5.74) is 3.66. The number of aryl methyl sites for hydroxylation is 2. The van der Waals surface area contributed by atoms with E-state index in [1.165, 1.54) is 7.11 Å². The molecule has 0 saturated heterocycles. The third-order valence-corrected chi connectivity index (χ3v) is 8.35. The zero-order valence-corrected chi connectivity index (χ0v) is 20.5. The summed E-state index contributed by atoms with van der Waals surface area (Å²) in [6.45, 7) is 5.76. The number of nitrogens with one attached hydrogen (secondary N) is 2. The van der Waals surface area contributed by atoms with Gasteiger partial charge in [0.05, 0.1) is 11.3 Å². The van der Waals surface area contributed by atoms with E-state index < -0.39 is 7.37 Å². The highest BCUT2D eigenvalue weighted by molar-refractivity contribution is 7.75. The number of rotatable bonds is 6.